The third-order valence-electron chi connectivity index (χ3n) is 2.84. The van der Waals surface area contributed by atoms with E-state index in [1.54, 1.807) is 18.2 Å². The van der Waals surface area contributed by atoms with Crippen LogP contribution in [0, 0.1) is 0 Å². The van der Waals surface area contributed by atoms with E-state index >= 15 is 0 Å². The molecule has 1 heterocycles. The summed E-state index contributed by atoms with van der Waals surface area (Å²) in [6, 6.07) is 6.68. The van der Waals surface area contributed by atoms with Crippen LogP contribution >= 0.6 is 11.6 Å². The number of rotatable bonds is 3. The molecule has 18 heavy (non-hydrogen) atoms. The first kappa shape index (κ1) is 13.3. The molecule has 98 valence electrons. The third-order valence-corrected chi connectivity index (χ3v) is 5.04. The lowest BCUT2D eigenvalue weighted by molar-refractivity contribution is -0.140. The highest BCUT2D eigenvalue weighted by molar-refractivity contribution is 7.89. The van der Waals surface area contributed by atoms with Crippen LogP contribution in [0.25, 0.3) is 0 Å². The molecular weight excluding hydrogens is 278 g/mol. The van der Waals surface area contributed by atoms with Crippen molar-refractivity contribution >= 4 is 27.6 Å². The zero-order valence-electron chi connectivity index (χ0n) is 9.36. The van der Waals surface area contributed by atoms with Crippen molar-refractivity contribution in [2.24, 2.45) is 0 Å². The lowest BCUT2D eigenvalue weighted by Crippen LogP contribution is -2.40. The molecule has 0 spiro atoms. The summed E-state index contributed by atoms with van der Waals surface area (Å²) in [4.78, 5) is 11.2. The van der Waals surface area contributed by atoms with Crippen LogP contribution in [0.2, 0.25) is 0 Å². The van der Waals surface area contributed by atoms with Gasteiger partial charge in [0.2, 0.25) is 10.0 Å². The molecule has 1 aromatic rings. The standard InChI is InChI=1S/C11H12ClNO4S/c12-8-6-10(11(14)15)13(7-8)18(16,17)9-4-2-1-3-5-9/h1-5,8,10H,6-7H2,(H,14,15)/t8-,10-/m1/s1. The van der Waals surface area contributed by atoms with Crippen molar-refractivity contribution in [1.29, 1.82) is 0 Å². The average Bonchev–Trinajstić information content (AvgIpc) is 2.73. The SMILES string of the molecule is O=C(O)[C@H]1C[C@@H](Cl)CN1S(=O)(=O)c1ccccc1. The topological polar surface area (TPSA) is 74.7 Å². The van der Waals surface area contributed by atoms with Crippen LogP contribution in [0.1, 0.15) is 6.42 Å². The number of hydrogen-bond donors (Lipinski definition) is 1. The molecule has 2 atom stereocenters. The van der Waals surface area contributed by atoms with Crippen molar-refractivity contribution in [3.05, 3.63) is 30.3 Å². The quantitative estimate of drug-likeness (QED) is 0.847. The van der Waals surface area contributed by atoms with Crippen molar-refractivity contribution < 1.29 is 18.3 Å². The Labute approximate surface area is 110 Å². The van der Waals surface area contributed by atoms with Crippen LogP contribution in [0.5, 0.6) is 0 Å². The van der Waals surface area contributed by atoms with E-state index in [9.17, 15) is 13.2 Å². The number of carbonyl (C=O) groups is 1. The molecule has 1 aromatic carbocycles. The summed E-state index contributed by atoms with van der Waals surface area (Å²) in [6.45, 7) is 0.0236. The maximum absolute atomic E-state index is 12.3. The highest BCUT2D eigenvalue weighted by Crippen LogP contribution is 2.28. The normalized spacial score (nSPS) is 25.2. The highest BCUT2D eigenvalue weighted by Gasteiger charge is 2.43. The Morgan fingerprint density at radius 1 is 1.33 bits per heavy atom. The van der Waals surface area contributed by atoms with Gasteiger partial charge in [0.25, 0.3) is 0 Å². The molecule has 1 N–H and O–H groups in total. The van der Waals surface area contributed by atoms with Gasteiger partial charge in [-0.1, -0.05) is 18.2 Å². The second kappa shape index (κ2) is 4.87. The van der Waals surface area contributed by atoms with Gasteiger partial charge in [-0.25, -0.2) is 8.42 Å². The van der Waals surface area contributed by atoms with Gasteiger partial charge in [-0.3, -0.25) is 4.79 Å². The van der Waals surface area contributed by atoms with Gasteiger partial charge in [0.15, 0.2) is 0 Å². The molecule has 5 nitrogen and oxygen atoms in total. The van der Waals surface area contributed by atoms with E-state index in [2.05, 4.69) is 0 Å². The zero-order valence-corrected chi connectivity index (χ0v) is 10.9. The second-order valence-electron chi connectivity index (χ2n) is 4.07. The lowest BCUT2D eigenvalue weighted by Gasteiger charge is -2.20. The first-order valence-corrected chi connectivity index (χ1v) is 7.24. The summed E-state index contributed by atoms with van der Waals surface area (Å²) in [5, 5.41) is 8.58. The van der Waals surface area contributed by atoms with E-state index in [1.807, 2.05) is 0 Å². The number of aliphatic carboxylic acids is 1. The molecule has 1 fully saturated rings. The summed E-state index contributed by atoms with van der Waals surface area (Å²) in [5.74, 6) is -1.17. The number of nitrogens with zero attached hydrogens (tertiary/aromatic N) is 1. The number of hydrogen-bond acceptors (Lipinski definition) is 3. The summed E-state index contributed by atoms with van der Waals surface area (Å²) < 4.78 is 25.6. The van der Waals surface area contributed by atoms with Crippen LogP contribution in [0.4, 0.5) is 0 Å². The maximum atomic E-state index is 12.3. The van der Waals surface area contributed by atoms with Crippen LogP contribution < -0.4 is 0 Å². The minimum atomic E-state index is -3.80. The smallest absolute Gasteiger partial charge is 0.322 e. The number of benzene rings is 1. The Morgan fingerprint density at radius 3 is 2.50 bits per heavy atom. The van der Waals surface area contributed by atoms with Crippen molar-refractivity contribution in [2.75, 3.05) is 6.54 Å². The minimum Gasteiger partial charge on any atom is -0.480 e. The summed E-state index contributed by atoms with van der Waals surface area (Å²) in [5.41, 5.74) is 0. The molecular formula is C11H12ClNO4S. The Hall–Kier alpha value is -1.11. The van der Waals surface area contributed by atoms with Crippen LogP contribution in [-0.2, 0) is 14.8 Å². The molecule has 1 aliphatic heterocycles. The van der Waals surface area contributed by atoms with Crippen LogP contribution in [-0.4, -0.2) is 41.8 Å². The van der Waals surface area contributed by atoms with Gasteiger partial charge in [-0.15, -0.1) is 11.6 Å². The second-order valence-corrected chi connectivity index (χ2v) is 6.58. The van der Waals surface area contributed by atoms with Gasteiger partial charge in [0, 0.05) is 11.9 Å². The van der Waals surface area contributed by atoms with Gasteiger partial charge in [0.05, 0.1) is 4.90 Å². The summed E-state index contributed by atoms with van der Waals surface area (Å²) >= 11 is 5.87. The number of sulfonamides is 1. The van der Waals surface area contributed by atoms with E-state index in [0.717, 1.165) is 4.31 Å². The fourth-order valence-corrected chi connectivity index (χ4v) is 4.03. The molecule has 1 saturated heterocycles. The Morgan fingerprint density at radius 2 is 1.94 bits per heavy atom. The molecule has 0 aliphatic carbocycles. The van der Waals surface area contributed by atoms with Gasteiger partial charge >= 0.3 is 5.97 Å². The summed E-state index contributed by atoms with van der Waals surface area (Å²) in [6.07, 6.45) is 0.128. The molecule has 0 saturated carbocycles. The predicted molar refractivity (Wildman–Crippen MR) is 66.0 cm³/mol. The minimum absolute atomic E-state index is 0.0236. The third kappa shape index (κ3) is 2.36. The molecule has 1 aliphatic rings. The number of alkyl halides is 1. The zero-order chi connectivity index (χ0) is 13.3. The Bertz CT molecular complexity index is 545. The number of halogens is 1. The van der Waals surface area contributed by atoms with E-state index < -0.39 is 27.4 Å². The molecule has 0 bridgehead atoms. The number of carboxylic acids is 1. The van der Waals surface area contributed by atoms with Gasteiger partial charge in [-0.2, -0.15) is 4.31 Å². The first-order chi connectivity index (χ1) is 8.43. The lowest BCUT2D eigenvalue weighted by atomic mass is 10.2. The molecule has 7 heteroatoms. The molecule has 0 aromatic heterocycles. The van der Waals surface area contributed by atoms with Crippen molar-refractivity contribution in [3.8, 4) is 0 Å². The van der Waals surface area contributed by atoms with E-state index in [1.165, 1.54) is 12.1 Å². The fourth-order valence-electron chi connectivity index (χ4n) is 1.97. The average molecular weight is 290 g/mol. The summed E-state index contributed by atoms with van der Waals surface area (Å²) in [7, 11) is -3.80. The van der Waals surface area contributed by atoms with Gasteiger partial charge in [0.1, 0.15) is 6.04 Å². The Balaban J connectivity index is 2.38. The van der Waals surface area contributed by atoms with Gasteiger partial charge in [-0.05, 0) is 18.6 Å². The Kier molecular flexibility index (Phi) is 3.61. The van der Waals surface area contributed by atoms with Gasteiger partial charge < -0.3 is 5.11 Å². The monoisotopic (exact) mass is 289 g/mol. The number of carboxylic acid groups (broad SMARTS) is 1. The van der Waals surface area contributed by atoms with E-state index in [-0.39, 0.29) is 17.9 Å². The largest absolute Gasteiger partial charge is 0.480 e. The van der Waals surface area contributed by atoms with E-state index in [4.69, 9.17) is 16.7 Å². The fraction of sp³-hybridized carbons (Fsp3) is 0.364. The molecule has 0 radical (unpaired) electrons. The first-order valence-electron chi connectivity index (χ1n) is 5.36. The molecule has 2 rings (SSSR count). The van der Waals surface area contributed by atoms with Crippen LogP contribution in [0.15, 0.2) is 35.2 Å². The molecule has 0 amide bonds. The van der Waals surface area contributed by atoms with Crippen LogP contribution in [0.3, 0.4) is 0 Å². The highest BCUT2D eigenvalue weighted by atomic mass is 35.5. The van der Waals surface area contributed by atoms with Crippen molar-refractivity contribution in [1.82, 2.24) is 4.31 Å². The van der Waals surface area contributed by atoms with E-state index in [0.29, 0.717) is 0 Å². The molecule has 0 unspecified atom stereocenters. The van der Waals surface area contributed by atoms with Crippen molar-refractivity contribution in [2.45, 2.75) is 22.7 Å². The maximum Gasteiger partial charge on any atom is 0.322 e. The predicted octanol–water partition coefficient (Wildman–Crippen LogP) is 1.14. The van der Waals surface area contributed by atoms with Crippen molar-refractivity contribution in [3.63, 3.8) is 0 Å².